The van der Waals surface area contributed by atoms with Gasteiger partial charge in [0.25, 0.3) is 0 Å². The first-order chi connectivity index (χ1) is 6.42. The Balaban J connectivity index is 2.11. The minimum absolute atomic E-state index is 0.132. The number of aliphatic imine (C=N–C) groups is 1. The quantitative estimate of drug-likeness (QED) is 0.549. The van der Waals surface area contributed by atoms with Crippen LogP contribution in [0.4, 0.5) is 0 Å². The minimum Gasteiger partial charge on any atom is -0.364 e. The van der Waals surface area contributed by atoms with Crippen molar-refractivity contribution in [1.29, 1.82) is 0 Å². The van der Waals surface area contributed by atoms with Crippen LogP contribution in [0.15, 0.2) is 29.3 Å². The van der Waals surface area contributed by atoms with Crippen molar-refractivity contribution in [2.24, 2.45) is 10.9 Å². The number of ether oxygens (including phenoxy) is 1. The monoisotopic (exact) mass is 175 g/mol. The molecule has 1 aliphatic carbocycles. The van der Waals surface area contributed by atoms with E-state index >= 15 is 0 Å². The average Bonchev–Trinajstić information content (AvgIpc) is 2.58. The zero-order valence-electron chi connectivity index (χ0n) is 7.57. The van der Waals surface area contributed by atoms with Crippen LogP contribution >= 0.6 is 0 Å². The summed E-state index contributed by atoms with van der Waals surface area (Å²) in [6.07, 6.45) is 10.8. The predicted octanol–water partition coefficient (Wildman–Crippen LogP) is 1.73. The van der Waals surface area contributed by atoms with Gasteiger partial charge in [-0.05, 0) is 25.0 Å². The Morgan fingerprint density at radius 1 is 1.38 bits per heavy atom. The molecule has 2 atom stereocenters. The van der Waals surface area contributed by atoms with E-state index in [1.807, 2.05) is 6.08 Å². The van der Waals surface area contributed by atoms with Crippen LogP contribution in [0.25, 0.3) is 0 Å². The molecule has 2 aliphatic heterocycles. The van der Waals surface area contributed by atoms with Crippen LogP contribution in [-0.4, -0.2) is 24.5 Å². The summed E-state index contributed by atoms with van der Waals surface area (Å²) in [6, 6.07) is 0. The van der Waals surface area contributed by atoms with Gasteiger partial charge in [-0.25, -0.2) is 0 Å². The normalized spacial score (nSPS) is 41.2. The van der Waals surface area contributed by atoms with E-state index in [2.05, 4.69) is 23.2 Å². The molecule has 0 aromatic heterocycles. The number of allylic oxidation sites excluding steroid dienone is 2. The molecule has 2 heterocycles. The van der Waals surface area contributed by atoms with Crippen LogP contribution in [0.3, 0.4) is 0 Å². The molecule has 0 aromatic carbocycles. The summed E-state index contributed by atoms with van der Waals surface area (Å²) < 4.78 is 5.88. The molecule has 1 spiro atoms. The highest BCUT2D eigenvalue weighted by Gasteiger charge is 2.47. The van der Waals surface area contributed by atoms with E-state index < -0.39 is 0 Å². The second-order valence-electron chi connectivity index (χ2n) is 3.90. The van der Waals surface area contributed by atoms with Crippen LogP contribution in [0.1, 0.15) is 12.8 Å². The van der Waals surface area contributed by atoms with Crippen molar-refractivity contribution in [3.63, 3.8) is 0 Å². The molecule has 2 nitrogen and oxygen atoms in total. The summed E-state index contributed by atoms with van der Waals surface area (Å²) in [7, 11) is 0. The highest BCUT2D eigenvalue weighted by Crippen LogP contribution is 2.41. The zero-order valence-corrected chi connectivity index (χ0v) is 7.57. The van der Waals surface area contributed by atoms with Gasteiger partial charge < -0.3 is 4.74 Å². The van der Waals surface area contributed by atoms with Gasteiger partial charge in [-0.3, -0.25) is 4.99 Å². The van der Waals surface area contributed by atoms with Gasteiger partial charge >= 0.3 is 0 Å². The molecule has 13 heavy (non-hydrogen) atoms. The van der Waals surface area contributed by atoms with E-state index in [1.165, 1.54) is 12.8 Å². The van der Waals surface area contributed by atoms with E-state index in [4.69, 9.17) is 4.74 Å². The lowest BCUT2D eigenvalue weighted by Gasteiger charge is -2.36. The summed E-state index contributed by atoms with van der Waals surface area (Å²) in [5, 5.41) is 0. The molecular weight excluding hydrogens is 162 g/mol. The molecule has 2 unspecified atom stereocenters. The van der Waals surface area contributed by atoms with E-state index in [0.29, 0.717) is 5.92 Å². The average molecular weight is 175 g/mol. The van der Waals surface area contributed by atoms with Crippen molar-refractivity contribution in [3.8, 4) is 0 Å². The number of hydrogen-bond donors (Lipinski definition) is 0. The third kappa shape index (κ3) is 0.894. The number of rotatable bonds is 0. The smallest absolute Gasteiger partial charge is 0.131 e. The number of nitrogens with zero attached hydrogens (tertiary/aromatic N) is 1. The van der Waals surface area contributed by atoms with Gasteiger partial charge in [0.05, 0.1) is 5.71 Å². The summed E-state index contributed by atoms with van der Waals surface area (Å²) >= 11 is 0. The van der Waals surface area contributed by atoms with Crippen molar-refractivity contribution >= 4 is 5.71 Å². The molecule has 3 rings (SSSR count). The maximum absolute atomic E-state index is 5.88. The number of hydrogen-bond acceptors (Lipinski definition) is 2. The Bertz CT molecular complexity index is 316. The fraction of sp³-hybridized carbons (Fsp3) is 0.545. The van der Waals surface area contributed by atoms with Crippen molar-refractivity contribution in [2.45, 2.75) is 18.4 Å². The molecule has 0 saturated carbocycles. The molecule has 1 fully saturated rings. The van der Waals surface area contributed by atoms with E-state index in [0.717, 1.165) is 18.9 Å². The van der Waals surface area contributed by atoms with Crippen LogP contribution < -0.4 is 0 Å². The van der Waals surface area contributed by atoms with Crippen LogP contribution in [0.5, 0.6) is 0 Å². The Kier molecular flexibility index (Phi) is 1.47. The molecular formula is C11H13NO. The topological polar surface area (TPSA) is 21.6 Å². The first kappa shape index (κ1) is 7.51. The van der Waals surface area contributed by atoms with Gasteiger partial charge in [-0.2, -0.15) is 0 Å². The zero-order chi connectivity index (χ0) is 8.73. The summed E-state index contributed by atoms with van der Waals surface area (Å²) in [5.41, 5.74) is 1.01. The van der Waals surface area contributed by atoms with Crippen molar-refractivity contribution in [3.05, 3.63) is 24.3 Å². The minimum atomic E-state index is -0.132. The maximum Gasteiger partial charge on any atom is 0.131 e. The van der Waals surface area contributed by atoms with Gasteiger partial charge in [0.2, 0.25) is 0 Å². The van der Waals surface area contributed by atoms with Crippen LogP contribution in [0.2, 0.25) is 0 Å². The molecule has 0 radical (unpaired) electrons. The lowest BCUT2D eigenvalue weighted by atomic mass is 9.77. The standard InChI is InChI=1S/C11H13NO/c1-2-6-11-9(5-8-13-11)4-7-12-10(11)3-1/h1-3,6,9H,4-5,7-8H2. The fourth-order valence-corrected chi connectivity index (χ4v) is 2.61. The first-order valence-corrected chi connectivity index (χ1v) is 4.97. The molecule has 0 aromatic rings. The summed E-state index contributed by atoms with van der Waals surface area (Å²) in [5.74, 6) is 0.668. The van der Waals surface area contributed by atoms with Gasteiger partial charge in [-0.1, -0.05) is 12.2 Å². The molecule has 0 N–H and O–H groups in total. The molecule has 1 saturated heterocycles. The second kappa shape index (κ2) is 2.55. The molecule has 0 bridgehead atoms. The van der Waals surface area contributed by atoms with Crippen molar-refractivity contribution < 1.29 is 4.74 Å². The largest absolute Gasteiger partial charge is 0.364 e. The van der Waals surface area contributed by atoms with E-state index in [1.54, 1.807) is 0 Å². The fourth-order valence-electron chi connectivity index (χ4n) is 2.61. The van der Waals surface area contributed by atoms with Gasteiger partial charge in [0, 0.05) is 19.1 Å². The van der Waals surface area contributed by atoms with Gasteiger partial charge in [0.1, 0.15) is 5.60 Å². The third-order valence-corrected chi connectivity index (χ3v) is 3.28. The van der Waals surface area contributed by atoms with E-state index in [-0.39, 0.29) is 5.60 Å². The Labute approximate surface area is 78.0 Å². The molecule has 2 heteroatoms. The first-order valence-electron chi connectivity index (χ1n) is 4.97. The predicted molar refractivity (Wildman–Crippen MR) is 52.0 cm³/mol. The second-order valence-corrected chi connectivity index (χ2v) is 3.90. The summed E-state index contributed by atoms with van der Waals surface area (Å²) in [4.78, 5) is 4.54. The Morgan fingerprint density at radius 2 is 2.38 bits per heavy atom. The summed E-state index contributed by atoms with van der Waals surface area (Å²) in [6.45, 7) is 1.87. The molecule has 3 aliphatic rings. The van der Waals surface area contributed by atoms with Crippen molar-refractivity contribution in [1.82, 2.24) is 0 Å². The van der Waals surface area contributed by atoms with Gasteiger partial charge in [0.15, 0.2) is 0 Å². The SMILES string of the molecule is C1=CC2=NCCC3CCOC23C=C1. The van der Waals surface area contributed by atoms with Crippen LogP contribution in [0, 0.1) is 5.92 Å². The molecule has 68 valence electrons. The highest BCUT2D eigenvalue weighted by molar-refractivity contribution is 6.05. The lowest BCUT2D eigenvalue weighted by molar-refractivity contribution is 0.0739. The molecule has 0 amide bonds. The Hall–Kier alpha value is -0.890. The van der Waals surface area contributed by atoms with Crippen molar-refractivity contribution in [2.75, 3.05) is 13.2 Å². The highest BCUT2D eigenvalue weighted by atomic mass is 16.5. The Morgan fingerprint density at radius 3 is 3.38 bits per heavy atom. The van der Waals surface area contributed by atoms with E-state index in [9.17, 15) is 0 Å². The van der Waals surface area contributed by atoms with Crippen LogP contribution in [-0.2, 0) is 4.74 Å². The maximum atomic E-state index is 5.88. The third-order valence-electron chi connectivity index (χ3n) is 3.28. The van der Waals surface area contributed by atoms with Gasteiger partial charge in [-0.15, -0.1) is 0 Å². The lowest BCUT2D eigenvalue weighted by Crippen LogP contribution is -2.45.